The minimum absolute atomic E-state index is 0.0991. The van der Waals surface area contributed by atoms with Gasteiger partial charge in [-0.15, -0.1) is 0 Å². The van der Waals surface area contributed by atoms with Crippen LogP contribution in [0.2, 0.25) is 0 Å². The highest BCUT2D eigenvalue weighted by atomic mass is 16.5. The number of nitrogens with one attached hydrogen (secondary N) is 2. The van der Waals surface area contributed by atoms with Gasteiger partial charge < -0.3 is 20.3 Å². The molecule has 2 aliphatic heterocycles. The van der Waals surface area contributed by atoms with Gasteiger partial charge in [0.2, 0.25) is 0 Å². The smallest absolute Gasteiger partial charge is 0.319 e. The molecule has 27 heavy (non-hydrogen) atoms. The summed E-state index contributed by atoms with van der Waals surface area (Å²) in [6, 6.07) is 9.78. The third-order valence-corrected chi connectivity index (χ3v) is 6.52. The summed E-state index contributed by atoms with van der Waals surface area (Å²) in [5, 5.41) is 6.03. The van der Waals surface area contributed by atoms with E-state index in [4.69, 9.17) is 4.74 Å². The molecule has 2 saturated heterocycles. The molecule has 2 heterocycles. The Hall–Kier alpha value is -1.59. The molecule has 0 aromatic heterocycles. The number of rotatable bonds is 4. The average Bonchev–Trinajstić information content (AvgIpc) is 3.06. The van der Waals surface area contributed by atoms with Gasteiger partial charge in [0.15, 0.2) is 0 Å². The van der Waals surface area contributed by atoms with Gasteiger partial charge in [0, 0.05) is 31.4 Å². The zero-order valence-electron chi connectivity index (χ0n) is 16.3. The summed E-state index contributed by atoms with van der Waals surface area (Å²) in [6.45, 7) is 3.15. The molecule has 0 unspecified atom stereocenters. The van der Waals surface area contributed by atoms with Crippen molar-refractivity contribution >= 4 is 11.7 Å². The lowest BCUT2D eigenvalue weighted by Crippen LogP contribution is -2.47. The van der Waals surface area contributed by atoms with Crippen molar-refractivity contribution in [1.82, 2.24) is 10.2 Å². The van der Waals surface area contributed by atoms with Crippen LogP contribution in [0.1, 0.15) is 57.8 Å². The lowest BCUT2D eigenvalue weighted by molar-refractivity contribution is -0.0731. The molecule has 148 valence electrons. The Kier molecular flexibility index (Phi) is 5.98. The maximum absolute atomic E-state index is 12.2. The zero-order chi connectivity index (χ0) is 18.5. The van der Waals surface area contributed by atoms with E-state index in [1.807, 2.05) is 30.3 Å². The van der Waals surface area contributed by atoms with Gasteiger partial charge in [-0.1, -0.05) is 37.5 Å². The molecule has 2 amide bonds. The number of likely N-dealkylation sites (tertiary alicyclic amines) is 1. The number of amides is 2. The molecule has 5 nitrogen and oxygen atoms in total. The molecule has 1 spiro atoms. The molecule has 1 atom stereocenters. The predicted molar refractivity (Wildman–Crippen MR) is 108 cm³/mol. The summed E-state index contributed by atoms with van der Waals surface area (Å²) in [7, 11) is 0. The molecule has 4 rings (SSSR count). The Morgan fingerprint density at radius 3 is 2.52 bits per heavy atom. The van der Waals surface area contributed by atoms with Gasteiger partial charge in [-0.2, -0.15) is 0 Å². The quantitative estimate of drug-likeness (QED) is 0.836. The molecule has 5 heteroatoms. The second-order valence-corrected chi connectivity index (χ2v) is 8.56. The Morgan fingerprint density at radius 2 is 1.78 bits per heavy atom. The van der Waals surface area contributed by atoms with Crippen LogP contribution in [-0.2, 0) is 4.74 Å². The van der Waals surface area contributed by atoms with Crippen molar-refractivity contribution in [2.75, 3.05) is 25.0 Å². The first-order valence-electron chi connectivity index (χ1n) is 10.7. The summed E-state index contributed by atoms with van der Waals surface area (Å²) in [4.78, 5) is 14.7. The first kappa shape index (κ1) is 18.8. The van der Waals surface area contributed by atoms with Gasteiger partial charge in [0.25, 0.3) is 0 Å². The monoisotopic (exact) mass is 371 g/mol. The SMILES string of the molecule is O=C(Nc1ccccc1)NC1CCN(C[C@@H]2CCC3(CCCCC3)O2)CC1. The van der Waals surface area contributed by atoms with Gasteiger partial charge in [0.1, 0.15) is 0 Å². The predicted octanol–water partition coefficient (Wildman–Crippen LogP) is 4.15. The largest absolute Gasteiger partial charge is 0.370 e. The van der Waals surface area contributed by atoms with Gasteiger partial charge in [-0.05, 0) is 50.7 Å². The first-order chi connectivity index (χ1) is 13.2. The van der Waals surface area contributed by atoms with E-state index in [1.165, 1.54) is 44.9 Å². The van der Waals surface area contributed by atoms with Crippen molar-refractivity contribution in [2.24, 2.45) is 0 Å². The molecule has 1 aromatic rings. The van der Waals surface area contributed by atoms with Gasteiger partial charge in [0.05, 0.1) is 11.7 Å². The van der Waals surface area contributed by atoms with Crippen molar-refractivity contribution in [3.05, 3.63) is 30.3 Å². The molecule has 1 aromatic carbocycles. The van der Waals surface area contributed by atoms with E-state index in [0.29, 0.717) is 6.10 Å². The molecule has 1 saturated carbocycles. The number of ether oxygens (including phenoxy) is 1. The van der Waals surface area contributed by atoms with Crippen LogP contribution in [0.5, 0.6) is 0 Å². The number of carbonyl (C=O) groups excluding carboxylic acids is 1. The molecule has 1 aliphatic carbocycles. The second kappa shape index (κ2) is 8.61. The number of nitrogens with zero attached hydrogens (tertiary/aromatic N) is 1. The number of benzene rings is 1. The van der Waals surface area contributed by atoms with Crippen molar-refractivity contribution in [2.45, 2.75) is 75.5 Å². The van der Waals surface area contributed by atoms with Crippen LogP contribution in [0.25, 0.3) is 0 Å². The van der Waals surface area contributed by atoms with E-state index < -0.39 is 0 Å². The van der Waals surface area contributed by atoms with E-state index >= 15 is 0 Å². The van der Waals surface area contributed by atoms with Crippen LogP contribution in [0.4, 0.5) is 10.5 Å². The number of carbonyl (C=O) groups is 1. The normalized spacial score (nSPS) is 26.1. The highest BCUT2D eigenvalue weighted by molar-refractivity contribution is 5.89. The fourth-order valence-electron chi connectivity index (χ4n) is 5.01. The Balaban J connectivity index is 1.17. The van der Waals surface area contributed by atoms with E-state index in [2.05, 4.69) is 15.5 Å². The summed E-state index contributed by atoms with van der Waals surface area (Å²) < 4.78 is 6.53. The van der Waals surface area contributed by atoms with Crippen LogP contribution < -0.4 is 10.6 Å². The van der Waals surface area contributed by atoms with Crippen LogP contribution in [0.15, 0.2) is 30.3 Å². The molecule has 3 aliphatic rings. The first-order valence-corrected chi connectivity index (χ1v) is 10.7. The van der Waals surface area contributed by atoms with Gasteiger partial charge in [-0.3, -0.25) is 0 Å². The average molecular weight is 372 g/mol. The van der Waals surface area contributed by atoms with Crippen LogP contribution in [-0.4, -0.2) is 48.3 Å². The fourth-order valence-corrected chi connectivity index (χ4v) is 5.01. The summed E-state index contributed by atoms with van der Waals surface area (Å²) in [6.07, 6.45) is 11.5. The summed E-state index contributed by atoms with van der Waals surface area (Å²) in [5.41, 5.74) is 1.06. The maximum atomic E-state index is 12.2. The maximum Gasteiger partial charge on any atom is 0.319 e. The highest BCUT2D eigenvalue weighted by Gasteiger charge is 2.41. The molecule has 2 N–H and O–H groups in total. The van der Waals surface area contributed by atoms with Crippen LogP contribution in [0, 0.1) is 0 Å². The van der Waals surface area contributed by atoms with Crippen molar-refractivity contribution in [3.8, 4) is 0 Å². The Morgan fingerprint density at radius 1 is 1.04 bits per heavy atom. The van der Waals surface area contributed by atoms with E-state index in [0.717, 1.165) is 38.2 Å². The summed E-state index contributed by atoms with van der Waals surface area (Å²) in [5.74, 6) is 0. The van der Waals surface area contributed by atoms with E-state index in [-0.39, 0.29) is 17.7 Å². The van der Waals surface area contributed by atoms with Crippen LogP contribution in [0.3, 0.4) is 0 Å². The van der Waals surface area contributed by atoms with Gasteiger partial charge in [-0.25, -0.2) is 4.79 Å². The molecular weight excluding hydrogens is 338 g/mol. The second-order valence-electron chi connectivity index (χ2n) is 8.56. The number of piperidine rings is 1. The van der Waals surface area contributed by atoms with Crippen molar-refractivity contribution < 1.29 is 9.53 Å². The third-order valence-electron chi connectivity index (χ3n) is 6.52. The standard InChI is InChI=1S/C22H33N3O2/c26-21(23-18-7-3-1-4-8-18)24-19-10-15-25(16-11-19)17-20-9-14-22(27-20)12-5-2-6-13-22/h1,3-4,7-8,19-20H,2,5-6,9-17H2,(H2,23,24,26)/t20-/m0/s1. The number of hydrogen-bond donors (Lipinski definition) is 2. The van der Waals surface area contributed by atoms with Gasteiger partial charge >= 0.3 is 6.03 Å². The minimum Gasteiger partial charge on any atom is -0.370 e. The van der Waals surface area contributed by atoms with Crippen molar-refractivity contribution in [3.63, 3.8) is 0 Å². The van der Waals surface area contributed by atoms with Crippen molar-refractivity contribution in [1.29, 1.82) is 0 Å². The van der Waals surface area contributed by atoms with E-state index in [1.54, 1.807) is 0 Å². The Labute approximate surface area is 162 Å². The topological polar surface area (TPSA) is 53.6 Å². The lowest BCUT2D eigenvalue weighted by Gasteiger charge is -2.36. The fraction of sp³-hybridized carbons (Fsp3) is 0.682. The minimum atomic E-state index is -0.0991. The zero-order valence-corrected chi connectivity index (χ0v) is 16.3. The molecule has 0 bridgehead atoms. The molecule has 0 radical (unpaired) electrons. The number of anilines is 1. The van der Waals surface area contributed by atoms with E-state index in [9.17, 15) is 4.79 Å². The van der Waals surface area contributed by atoms with Crippen LogP contribution >= 0.6 is 0 Å². The lowest BCUT2D eigenvalue weighted by atomic mass is 9.83. The highest BCUT2D eigenvalue weighted by Crippen LogP contribution is 2.42. The third kappa shape index (κ3) is 5.02. The number of hydrogen-bond acceptors (Lipinski definition) is 3. The Bertz CT molecular complexity index is 607. The molecular formula is C22H33N3O2. The molecule has 3 fully saturated rings. The summed E-state index contributed by atoms with van der Waals surface area (Å²) >= 11 is 0. The number of para-hydroxylation sites is 1. The number of urea groups is 1.